The summed E-state index contributed by atoms with van der Waals surface area (Å²) in [6.07, 6.45) is 3.20. The molecule has 0 fully saturated rings. The molecule has 2 aromatic carbocycles. The molecule has 0 aliphatic heterocycles. The van der Waals surface area contributed by atoms with Gasteiger partial charge in [0.25, 0.3) is 0 Å². The number of hydrogen-bond donors (Lipinski definition) is 0. The molecular formula is C19H18O4. The van der Waals surface area contributed by atoms with Crippen molar-refractivity contribution in [3.63, 3.8) is 0 Å². The second-order valence-corrected chi connectivity index (χ2v) is 5.56. The van der Waals surface area contributed by atoms with Crippen LogP contribution in [0.3, 0.4) is 0 Å². The lowest BCUT2D eigenvalue weighted by Gasteiger charge is -2.07. The highest BCUT2D eigenvalue weighted by molar-refractivity contribution is 5.99. The van der Waals surface area contributed by atoms with Crippen LogP contribution in [0.2, 0.25) is 0 Å². The topological polar surface area (TPSA) is 52.6 Å². The summed E-state index contributed by atoms with van der Waals surface area (Å²) in [7, 11) is 1.56. The first-order chi connectivity index (χ1) is 11.2. The Morgan fingerprint density at radius 1 is 0.957 bits per heavy atom. The molecule has 23 heavy (non-hydrogen) atoms. The first kappa shape index (κ1) is 15.3. The predicted molar refractivity (Wildman–Crippen MR) is 86.1 cm³/mol. The number of esters is 1. The number of rotatable bonds is 5. The van der Waals surface area contributed by atoms with E-state index in [9.17, 15) is 9.59 Å². The molecule has 2 aromatic rings. The van der Waals surface area contributed by atoms with Crippen molar-refractivity contribution in [1.82, 2.24) is 0 Å². The molecule has 0 N–H and O–H groups in total. The number of aryl methyl sites for hydroxylation is 2. The van der Waals surface area contributed by atoms with E-state index in [2.05, 4.69) is 0 Å². The van der Waals surface area contributed by atoms with Gasteiger partial charge in [0.05, 0.1) is 12.7 Å². The Morgan fingerprint density at radius 2 is 1.65 bits per heavy atom. The molecule has 0 saturated heterocycles. The van der Waals surface area contributed by atoms with Gasteiger partial charge < -0.3 is 9.47 Å². The molecule has 0 spiro atoms. The molecule has 0 unspecified atom stereocenters. The highest BCUT2D eigenvalue weighted by Crippen LogP contribution is 2.23. The van der Waals surface area contributed by atoms with Gasteiger partial charge in [-0.3, -0.25) is 4.79 Å². The number of fused-ring (bicyclic) bond motifs is 1. The Hall–Kier alpha value is -2.62. The fraction of sp³-hybridized carbons (Fsp3) is 0.263. The van der Waals surface area contributed by atoms with Crippen molar-refractivity contribution >= 4 is 11.8 Å². The van der Waals surface area contributed by atoms with E-state index in [-0.39, 0.29) is 12.4 Å². The van der Waals surface area contributed by atoms with Gasteiger partial charge in [-0.15, -0.1) is 0 Å². The van der Waals surface area contributed by atoms with Crippen molar-refractivity contribution in [2.24, 2.45) is 0 Å². The van der Waals surface area contributed by atoms with Crippen LogP contribution in [0.4, 0.5) is 0 Å². The summed E-state index contributed by atoms with van der Waals surface area (Å²) in [4.78, 5) is 24.1. The molecule has 0 atom stereocenters. The Labute approximate surface area is 135 Å². The number of ketones is 1. The van der Waals surface area contributed by atoms with E-state index in [0.29, 0.717) is 16.9 Å². The third-order valence-electron chi connectivity index (χ3n) is 4.08. The monoisotopic (exact) mass is 310 g/mol. The first-order valence-corrected chi connectivity index (χ1v) is 7.63. The van der Waals surface area contributed by atoms with Crippen LogP contribution in [0.25, 0.3) is 0 Å². The third kappa shape index (κ3) is 3.42. The fourth-order valence-corrected chi connectivity index (χ4v) is 2.77. The summed E-state index contributed by atoms with van der Waals surface area (Å²) in [5.74, 6) is -0.0135. The zero-order valence-electron chi connectivity index (χ0n) is 13.0. The van der Waals surface area contributed by atoms with Crippen LogP contribution >= 0.6 is 0 Å². The number of carbonyl (C=O) groups is 2. The van der Waals surface area contributed by atoms with Gasteiger partial charge in [-0.2, -0.15) is 0 Å². The second-order valence-electron chi connectivity index (χ2n) is 5.56. The van der Waals surface area contributed by atoms with Crippen LogP contribution in [0.5, 0.6) is 5.75 Å². The Bertz CT molecular complexity index is 732. The van der Waals surface area contributed by atoms with E-state index in [1.807, 2.05) is 12.1 Å². The molecule has 1 aliphatic carbocycles. The SMILES string of the molecule is COc1ccc(C(=O)COC(=O)c2ccc3c(c2)CCC3)cc1. The summed E-state index contributed by atoms with van der Waals surface area (Å²) < 4.78 is 10.2. The third-order valence-corrected chi connectivity index (χ3v) is 4.08. The highest BCUT2D eigenvalue weighted by atomic mass is 16.5. The van der Waals surface area contributed by atoms with Gasteiger partial charge in [-0.05, 0) is 66.8 Å². The van der Waals surface area contributed by atoms with Gasteiger partial charge in [0.1, 0.15) is 5.75 Å². The zero-order valence-corrected chi connectivity index (χ0v) is 13.0. The Morgan fingerprint density at radius 3 is 2.39 bits per heavy atom. The normalized spacial score (nSPS) is 12.6. The fourth-order valence-electron chi connectivity index (χ4n) is 2.77. The van der Waals surface area contributed by atoms with Crippen molar-refractivity contribution in [3.05, 3.63) is 64.7 Å². The Kier molecular flexibility index (Phi) is 4.42. The largest absolute Gasteiger partial charge is 0.497 e. The van der Waals surface area contributed by atoms with Gasteiger partial charge in [0, 0.05) is 5.56 Å². The van der Waals surface area contributed by atoms with Crippen molar-refractivity contribution in [3.8, 4) is 5.75 Å². The van der Waals surface area contributed by atoms with Crippen LogP contribution in [0.1, 0.15) is 38.3 Å². The zero-order chi connectivity index (χ0) is 16.2. The molecule has 0 heterocycles. The van der Waals surface area contributed by atoms with Crippen molar-refractivity contribution in [1.29, 1.82) is 0 Å². The van der Waals surface area contributed by atoms with Crippen molar-refractivity contribution in [2.75, 3.05) is 13.7 Å². The first-order valence-electron chi connectivity index (χ1n) is 7.63. The van der Waals surface area contributed by atoms with Gasteiger partial charge in [-0.1, -0.05) is 6.07 Å². The van der Waals surface area contributed by atoms with Crippen LogP contribution < -0.4 is 4.74 Å². The number of methoxy groups -OCH3 is 1. The molecule has 118 valence electrons. The number of Topliss-reactive ketones (excluding diaryl/α,β-unsaturated/α-hetero) is 1. The van der Waals surface area contributed by atoms with Crippen molar-refractivity contribution < 1.29 is 19.1 Å². The highest BCUT2D eigenvalue weighted by Gasteiger charge is 2.16. The molecule has 0 bridgehead atoms. The molecule has 0 radical (unpaired) electrons. The van der Waals surface area contributed by atoms with Crippen LogP contribution in [-0.2, 0) is 17.6 Å². The van der Waals surface area contributed by atoms with Crippen LogP contribution in [0, 0.1) is 0 Å². The minimum absolute atomic E-state index is 0.234. The molecule has 4 heteroatoms. The van der Waals surface area contributed by atoms with E-state index in [1.165, 1.54) is 11.1 Å². The summed E-state index contributed by atoms with van der Waals surface area (Å²) in [6.45, 7) is -0.262. The molecule has 4 nitrogen and oxygen atoms in total. The van der Waals surface area contributed by atoms with Crippen molar-refractivity contribution in [2.45, 2.75) is 19.3 Å². The predicted octanol–water partition coefficient (Wildman–Crippen LogP) is 3.22. The summed E-state index contributed by atoms with van der Waals surface area (Å²) in [5.41, 5.74) is 3.51. The maximum absolute atomic E-state index is 12.1. The number of hydrogen-bond acceptors (Lipinski definition) is 4. The van der Waals surface area contributed by atoms with Gasteiger partial charge in [0.15, 0.2) is 12.4 Å². The summed E-state index contributed by atoms with van der Waals surface area (Å²) in [6, 6.07) is 12.3. The average molecular weight is 310 g/mol. The molecule has 1 aliphatic rings. The standard InChI is InChI=1S/C19H18O4/c1-22-17-9-7-14(8-10-17)18(20)12-23-19(21)16-6-5-13-3-2-4-15(13)11-16/h5-11H,2-4,12H2,1H3. The summed E-state index contributed by atoms with van der Waals surface area (Å²) in [5, 5.41) is 0. The molecule has 0 amide bonds. The Balaban J connectivity index is 1.60. The minimum atomic E-state index is -0.457. The molecule has 3 rings (SSSR count). The maximum atomic E-state index is 12.1. The lowest BCUT2D eigenvalue weighted by molar-refractivity contribution is 0.0474. The maximum Gasteiger partial charge on any atom is 0.338 e. The van der Waals surface area contributed by atoms with Crippen LogP contribution in [-0.4, -0.2) is 25.5 Å². The van der Waals surface area contributed by atoms with Gasteiger partial charge >= 0.3 is 5.97 Å². The van der Waals surface area contributed by atoms with Gasteiger partial charge in [0.2, 0.25) is 0 Å². The number of carbonyl (C=O) groups excluding carboxylic acids is 2. The lowest BCUT2D eigenvalue weighted by Crippen LogP contribution is -2.14. The van der Waals surface area contributed by atoms with E-state index in [4.69, 9.17) is 9.47 Å². The average Bonchev–Trinajstić information content (AvgIpc) is 3.07. The van der Waals surface area contributed by atoms with Crippen LogP contribution in [0.15, 0.2) is 42.5 Å². The van der Waals surface area contributed by atoms with E-state index >= 15 is 0 Å². The van der Waals surface area contributed by atoms with Gasteiger partial charge in [-0.25, -0.2) is 4.79 Å². The smallest absolute Gasteiger partial charge is 0.338 e. The minimum Gasteiger partial charge on any atom is -0.497 e. The van der Waals surface area contributed by atoms with E-state index in [1.54, 1.807) is 37.4 Å². The summed E-state index contributed by atoms with van der Waals surface area (Å²) >= 11 is 0. The molecule has 0 aromatic heterocycles. The quantitative estimate of drug-likeness (QED) is 0.628. The number of benzene rings is 2. The molecular weight excluding hydrogens is 292 g/mol. The van der Waals surface area contributed by atoms with E-state index < -0.39 is 5.97 Å². The lowest BCUT2D eigenvalue weighted by atomic mass is 10.1. The molecule has 0 saturated carbocycles. The number of ether oxygens (including phenoxy) is 2. The van der Waals surface area contributed by atoms with E-state index in [0.717, 1.165) is 19.3 Å². The second kappa shape index (κ2) is 6.65.